The molecule has 100 valence electrons. The Hall–Kier alpha value is -2.75. The van der Waals surface area contributed by atoms with E-state index in [-0.39, 0.29) is 5.75 Å². The average molecular weight is 265 g/mol. The van der Waals surface area contributed by atoms with Crippen molar-refractivity contribution < 1.29 is 5.11 Å². The first-order chi connectivity index (χ1) is 9.81. The third-order valence-corrected chi connectivity index (χ3v) is 3.02. The lowest BCUT2D eigenvalue weighted by Gasteiger charge is -2.09. The van der Waals surface area contributed by atoms with Crippen LogP contribution in [0.25, 0.3) is 5.69 Å². The fraction of sp³-hybridized carbons (Fsp3) is 0.0625. The number of aromatic hydroxyl groups is 1. The molecule has 4 nitrogen and oxygen atoms in total. The van der Waals surface area contributed by atoms with E-state index < -0.39 is 0 Å². The maximum atomic E-state index is 9.44. The second kappa shape index (κ2) is 5.48. The molecule has 0 saturated carbocycles. The first kappa shape index (κ1) is 12.3. The van der Waals surface area contributed by atoms with Gasteiger partial charge in [0.05, 0.1) is 5.69 Å². The van der Waals surface area contributed by atoms with E-state index in [1.165, 1.54) is 0 Å². The Labute approximate surface area is 117 Å². The maximum Gasteiger partial charge on any atom is 0.115 e. The Kier molecular flexibility index (Phi) is 3.37. The molecule has 0 atom stereocenters. The van der Waals surface area contributed by atoms with Crippen molar-refractivity contribution in [1.82, 2.24) is 9.78 Å². The quantitative estimate of drug-likeness (QED) is 0.761. The molecule has 3 aromatic rings. The molecule has 2 N–H and O–H groups in total. The third kappa shape index (κ3) is 2.80. The smallest absolute Gasteiger partial charge is 0.115 e. The van der Waals surface area contributed by atoms with Crippen LogP contribution >= 0.6 is 0 Å². The van der Waals surface area contributed by atoms with E-state index in [1.54, 1.807) is 18.3 Å². The third-order valence-electron chi connectivity index (χ3n) is 3.02. The number of anilines is 1. The number of benzene rings is 2. The van der Waals surface area contributed by atoms with Crippen LogP contribution in [-0.4, -0.2) is 14.9 Å². The molecule has 1 aromatic heterocycles. The summed E-state index contributed by atoms with van der Waals surface area (Å²) in [5.74, 6) is 0.287. The number of phenolic OH excluding ortho intramolecular Hbond substituents is 1. The van der Waals surface area contributed by atoms with Gasteiger partial charge in [-0.15, -0.1) is 0 Å². The van der Waals surface area contributed by atoms with Crippen molar-refractivity contribution in [2.75, 3.05) is 5.32 Å². The van der Waals surface area contributed by atoms with Gasteiger partial charge in [0.2, 0.25) is 0 Å². The zero-order valence-corrected chi connectivity index (χ0v) is 10.9. The largest absolute Gasteiger partial charge is 0.508 e. The van der Waals surface area contributed by atoms with Gasteiger partial charge in [0.1, 0.15) is 5.75 Å². The molecule has 0 spiro atoms. The predicted octanol–water partition coefficient (Wildman–Crippen LogP) is 3.19. The fourth-order valence-corrected chi connectivity index (χ4v) is 2.05. The van der Waals surface area contributed by atoms with Crippen molar-refractivity contribution >= 4 is 5.69 Å². The first-order valence-electron chi connectivity index (χ1n) is 6.43. The number of rotatable bonds is 4. The van der Waals surface area contributed by atoms with E-state index in [9.17, 15) is 5.11 Å². The molecular weight excluding hydrogens is 250 g/mol. The van der Waals surface area contributed by atoms with Gasteiger partial charge in [-0.2, -0.15) is 5.10 Å². The summed E-state index contributed by atoms with van der Waals surface area (Å²) in [5.41, 5.74) is 3.06. The van der Waals surface area contributed by atoms with E-state index in [0.29, 0.717) is 6.54 Å². The van der Waals surface area contributed by atoms with E-state index in [2.05, 4.69) is 10.4 Å². The minimum atomic E-state index is 0.287. The van der Waals surface area contributed by atoms with E-state index >= 15 is 0 Å². The summed E-state index contributed by atoms with van der Waals surface area (Å²) in [6, 6.07) is 17.2. The lowest BCUT2D eigenvalue weighted by molar-refractivity contribution is 0.474. The normalized spacial score (nSPS) is 10.4. The van der Waals surface area contributed by atoms with Gasteiger partial charge in [-0.3, -0.25) is 0 Å². The SMILES string of the molecule is Oc1cccc(CNc2cccc(-n3cccn3)c2)c1. The average Bonchev–Trinajstić information content (AvgIpc) is 3.00. The maximum absolute atomic E-state index is 9.44. The fourth-order valence-electron chi connectivity index (χ4n) is 2.05. The van der Waals surface area contributed by atoms with Crippen LogP contribution in [0.4, 0.5) is 5.69 Å². The molecule has 4 heteroatoms. The first-order valence-corrected chi connectivity index (χ1v) is 6.43. The van der Waals surface area contributed by atoms with Crippen LogP contribution in [0.5, 0.6) is 5.75 Å². The molecule has 0 aliphatic carbocycles. The minimum absolute atomic E-state index is 0.287. The zero-order chi connectivity index (χ0) is 13.8. The molecule has 0 unspecified atom stereocenters. The van der Waals surface area contributed by atoms with Gasteiger partial charge in [0, 0.05) is 24.6 Å². The van der Waals surface area contributed by atoms with Gasteiger partial charge < -0.3 is 10.4 Å². The van der Waals surface area contributed by atoms with Gasteiger partial charge in [-0.25, -0.2) is 4.68 Å². The van der Waals surface area contributed by atoms with Gasteiger partial charge in [0.25, 0.3) is 0 Å². The molecule has 3 rings (SSSR count). The topological polar surface area (TPSA) is 50.1 Å². The summed E-state index contributed by atoms with van der Waals surface area (Å²) in [6.07, 6.45) is 3.67. The van der Waals surface area contributed by atoms with E-state index in [4.69, 9.17) is 0 Å². The standard InChI is InChI=1S/C16H15N3O/c20-16-7-1-4-13(10-16)12-17-14-5-2-6-15(11-14)19-9-3-8-18-19/h1-11,17,20H,12H2. The molecule has 20 heavy (non-hydrogen) atoms. The molecule has 0 bridgehead atoms. The summed E-state index contributed by atoms with van der Waals surface area (Å²) in [7, 11) is 0. The number of phenols is 1. The molecule has 0 amide bonds. The second-order valence-electron chi connectivity index (χ2n) is 4.52. The Morgan fingerprint density at radius 2 is 1.95 bits per heavy atom. The summed E-state index contributed by atoms with van der Waals surface area (Å²) in [6.45, 7) is 0.664. The van der Waals surface area contributed by atoms with Crippen LogP contribution in [0.2, 0.25) is 0 Å². The van der Waals surface area contributed by atoms with Crippen LogP contribution in [0, 0.1) is 0 Å². The molecule has 0 aliphatic rings. The molecule has 1 heterocycles. The van der Waals surface area contributed by atoms with Gasteiger partial charge >= 0.3 is 0 Å². The number of nitrogens with one attached hydrogen (secondary N) is 1. The molecular formula is C16H15N3O. The highest BCUT2D eigenvalue weighted by Gasteiger charge is 1.99. The Bertz CT molecular complexity index is 692. The molecule has 0 saturated heterocycles. The summed E-state index contributed by atoms with van der Waals surface area (Å²) in [5, 5.41) is 17.0. The number of aromatic nitrogens is 2. The van der Waals surface area contributed by atoms with Crippen LogP contribution in [0.15, 0.2) is 67.0 Å². The Morgan fingerprint density at radius 3 is 2.75 bits per heavy atom. The number of hydrogen-bond acceptors (Lipinski definition) is 3. The van der Waals surface area contributed by atoms with Crippen molar-refractivity contribution in [3.8, 4) is 11.4 Å². The lowest BCUT2D eigenvalue weighted by atomic mass is 10.2. The van der Waals surface area contributed by atoms with Crippen molar-refractivity contribution in [2.24, 2.45) is 0 Å². The summed E-state index contributed by atoms with van der Waals surface area (Å²) < 4.78 is 1.82. The van der Waals surface area contributed by atoms with Crippen molar-refractivity contribution in [3.05, 3.63) is 72.6 Å². The van der Waals surface area contributed by atoms with Crippen molar-refractivity contribution in [2.45, 2.75) is 6.54 Å². The van der Waals surface area contributed by atoms with Crippen LogP contribution < -0.4 is 5.32 Å². The van der Waals surface area contributed by atoms with Crippen LogP contribution in [0.1, 0.15) is 5.56 Å². The highest BCUT2D eigenvalue weighted by Crippen LogP contribution is 2.16. The molecule has 0 fully saturated rings. The van der Waals surface area contributed by atoms with E-state index in [1.807, 2.05) is 53.3 Å². The van der Waals surface area contributed by atoms with Crippen LogP contribution in [-0.2, 0) is 6.54 Å². The Balaban J connectivity index is 1.73. The molecule has 0 radical (unpaired) electrons. The molecule has 2 aromatic carbocycles. The summed E-state index contributed by atoms with van der Waals surface area (Å²) in [4.78, 5) is 0. The summed E-state index contributed by atoms with van der Waals surface area (Å²) >= 11 is 0. The van der Waals surface area contributed by atoms with Gasteiger partial charge in [-0.05, 0) is 42.0 Å². The van der Waals surface area contributed by atoms with Gasteiger partial charge in [0.15, 0.2) is 0 Å². The van der Waals surface area contributed by atoms with E-state index in [0.717, 1.165) is 16.9 Å². The van der Waals surface area contributed by atoms with Crippen molar-refractivity contribution in [1.29, 1.82) is 0 Å². The van der Waals surface area contributed by atoms with Crippen molar-refractivity contribution in [3.63, 3.8) is 0 Å². The lowest BCUT2D eigenvalue weighted by Crippen LogP contribution is -2.01. The number of hydrogen-bond donors (Lipinski definition) is 2. The predicted molar refractivity (Wildman–Crippen MR) is 79.0 cm³/mol. The van der Waals surface area contributed by atoms with Crippen LogP contribution in [0.3, 0.4) is 0 Å². The molecule has 0 aliphatic heterocycles. The Morgan fingerprint density at radius 1 is 1.05 bits per heavy atom. The second-order valence-corrected chi connectivity index (χ2v) is 4.52. The minimum Gasteiger partial charge on any atom is -0.508 e. The number of nitrogens with zero attached hydrogens (tertiary/aromatic N) is 2. The van der Waals surface area contributed by atoms with Gasteiger partial charge in [-0.1, -0.05) is 18.2 Å². The zero-order valence-electron chi connectivity index (χ0n) is 10.9. The highest BCUT2D eigenvalue weighted by atomic mass is 16.3. The highest BCUT2D eigenvalue weighted by molar-refractivity contribution is 5.51. The monoisotopic (exact) mass is 265 g/mol.